The Balaban J connectivity index is 1.96. The predicted molar refractivity (Wildman–Crippen MR) is 101 cm³/mol. The van der Waals surface area contributed by atoms with Gasteiger partial charge in [0.15, 0.2) is 17.2 Å². The monoisotopic (exact) mass is 385 g/mol. The molecule has 0 fully saturated rings. The van der Waals surface area contributed by atoms with Crippen LogP contribution >= 0.6 is 11.6 Å². The van der Waals surface area contributed by atoms with Crippen molar-refractivity contribution < 1.29 is 23.8 Å². The molecule has 0 saturated carbocycles. The Morgan fingerprint density at radius 2 is 1.93 bits per heavy atom. The summed E-state index contributed by atoms with van der Waals surface area (Å²) in [4.78, 5) is 27.6. The highest BCUT2D eigenvalue weighted by molar-refractivity contribution is 6.32. The molecule has 1 heterocycles. The molecule has 0 amide bonds. The second kappa shape index (κ2) is 7.63. The van der Waals surface area contributed by atoms with E-state index in [4.69, 9.17) is 25.8 Å². The first-order chi connectivity index (χ1) is 12.9. The normalized spacial score (nSPS) is 14.7. The summed E-state index contributed by atoms with van der Waals surface area (Å²) in [5.41, 5.74) is 2.48. The Bertz CT molecular complexity index is 977. The van der Waals surface area contributed by atoms with E-state index in [-0.39, 0.29) is 28.1 Å². The van der Waals surface area contributed by atoms with E-state index in [9.17, 15) is 9.59 Å². The van der Waals surface area contributed by atoms with Crippen molar-refractivity contribution >= 4 is 35.5 Å². The fourth-order valence-corrected chi connectivity index (χ4v) is 2.71. The number of rotatable bonds is 4. The lowest BCUT2D eigenvalue weighted by atomic mass is 10.1. The summed E-state index contributed by atoms with van der Waals surface area (Å²) >= 11 is 6.18. The number of methoxy groups -OCH3 is 1. The summed E-state index contributed by atoms with van der Waals surface area (Å²) in [5, 5.41) is 0.172. The highest BCUT2D eigenvalue weighted by Gasteiger charge is 2.24. The Morgan fingerprint density at radius 1 is 1.22 bits per heavy atom. The molecule has 2 aromatic carbocycles. The van der Waals surface area contributed by atoms with Gasteiger partial charge in [-0.05, 0) is 42.8 Å². The van der Waals surface area contributed by atoms with E-state index in [1.165, 1.54) is 20.1 Å². The molecule has 0 unspecified atom stereocenters. The molecule has 3 rings (SSSR count). The standard InChI is InChI=1S/C20H16ClNO5/c1-11-4-6-14(7-5-11)19-22-16(20(24)27-19)9-13-8-15(21)18(26-12(2)23)17(10-13)25-3/h4-10H,1-3H3/b16-9+. The molecule has 0 radical (unpaired) electrons. The molecule has 0 N–H and O–H groups in total. The van der Waals surface area contributed by atoms with Gasteiger partial charge in [0.05, 0.1) is 12.1 Å². The third-order valence-electron chi connectivity index (χ3n) is 3.72. The van der Waals surface area contributed by atoms with Crippen LogP contribution < -0.4 is 9.47 Å². The first kappa shape index (κ1) is 18.7. The van der Waals surface area contributed by atoms with Crippen molar-refractivity contribution in [3.05, 3.63) is 63.8 Å². The van der Waals surface area contributed by atoms with Gasteiger partial charge in [-0.3, -0.25) is 4.79 Å². The Hall–Kier alpha value is -3.12. The molecular weight excluding hydrogens is 370 g/mol. The number of ether oxygens (including phenoxy) is 3. The van der Waals surface area contributed by atoms with E-state index in [1.807, 2.05) is 31.2 Å². The molecule has 138 valence electrons. The average Bonchev–Trinajstić information content (AvgIpc) is 2.98. The van der Waals surface area contributed by atoms with Crippen molar-refractivity contribution in [2.45, 2.75) is 13.8 Å². The molecule has 0 aromatic heterocycles. The third kappa shape index (κ3) is 4.17. The molecule has 0 aliphatic carbocycles. The summed E-state index contributed by atoms with van der Waals surface area (Å²) in [6, 6.07) is 10.6. The lowest BCUT2D eigenvalue weighted by molar-refractivity contribution is -0.132. The van der Waals surface area contributed by atoms with Crippen LogP contribution in [0.25, 0.3) is 6.08 Å². The van der Waals surface area contributed by atoms with E-state index in [1.54, 1.807) is 12.1 Å². The highest BCUT2D eigenvalue weighted by Crippen LogP contribution is 2.37. The van der Waals surface area contributed by atoms with Crippen LogP contribution in [0.4, 0.5) is 0 Å². The lowest BCUT2D eigenvalue weighted by Gasteiger charge is -2.10. The molecule has 27 heavy (non-hydrogen) atoms. The minimum Gasteiger partial charge on any atom is -0.493 e. The van der Waals surface area contributed by atoms with E-state index in [2.05, 4.69) is 4.99 Å². The number of aryl methyl sites for hydroxylation is 1. The van der Waals surface area contributed by atoms with Gasteiger partial charge < -0.3 is 14.2 Å². The van der Waals surface area contributed by atoms with Crippen molar-refractivity contribution in [3.63, 3.8) is 0 Å². The van der Waals surface area contributed by atoms with Crippen LogP contribution in [0.3, 0.4) is 0 Å². The number of cyclic esters (lactones) is 1. The number of benzene rings is 2. The number of carbonyl (C=O) groups excluding carboxylic acids is 2. The molecule has 0 spiro atoms. The number of halogens is 1. The zero-order valence-corrected chi connectivity index (χ0v) is 15.7. The van der Waals surface area contributed by atoms with Gasteiger partial charge in [0.25, 0.3) is 0 Å². The van der Waals surface area contributed by atoms with Crippen molar-refractivity contribution in [3.8, 4) is 11.5 Å². The Kier molecular flexibility index (Phi) is 5.28. The number of esters is 2. The number of carbonyl (C=O) groups is 2. The smallest absolute Gasteiger partial charge is 0.363 e. The Morgan fingerprint density at radius 3 is 2.56 bits per heavy atom. The van der Waals surface area contributed by atoms with Crippen molar-refractivity contribution in [2.24, 2.45) is 4.99 Å². The topological polar surface area (TPSA) is 74.2 Å². The van der Waals surface area contributed by atoms with Gasteiger partial charge in [-0.1, -0.05) is 29.3 Å². The number of hydrogen-bond donors (Lipinski definition) is 0. The predicted octanol–water partition coefficient (Wildman–Crippen LogP) is 3.93. The Labute approximate surface area is 161 Å². The minimum atomic E-state index is -0.565. The van der Waals surface area contributed by atoms with Crippen LogP contribution in [-0.4, -0.2) is 24.9 Å². The third-order valence-corrected chi connectivity index (χ3v) is 4.00. The zero-order chi connectivity index (χ0) is 19.6. The van der Waals surface area contributed by atoms with Gasteiger partial charge >= 0.3 is 11.9 Å². The van der Waals surface area contributed by atoms with Crippen LogP contribution in [0, 0.1) is 6.92 Å². The van der Waals surface area contributed by atoms with Gasteiger partial charge in [0.1, 0.15) is 0 Å². The zero-order valence-electron chi connectivity index (χ0n) is 14.9. The molecule has 7 heteroatoms. The van der Waals surface area contributed by atoms with Crippen molar-refractivity contribution in [1.29, 1.82) is 0 Å². The number of hydrogen-bond acceptors (Lipinski definition) is 6. The van der Waals surface area contributed by atoms with Crippen LogP contribution in [0.5, 0.6) is 11.5 Å². The van der Waals surface area contributed by atoms with E-state index >= 15 is 0 Å². The van der Waals surface area contributed by atoms with Gasteiger partial charge in [0, 0.05) is 12.5 Å². The first-order valence-electron chi connectivity index (χ1n) is 8.03. The second-order valence-electron chi connectivity index (χ2n) is 5.83. The second-order valence-corrected chi connectivity index (χ2v) is 6.24. The van der Waals surface area contributed by atoms with Gasteiger partial charge in [-0.25, -0.2) is 9.79 Å². The molecule has 0 saturated heterocycles. The van der Waals surface area contributed by atoms with E-state index in [0.717, 1.165) is 5.56 Å². The molecule has 2 aromatic rings. The SMILES string of the molecule is COc1cc(/C=C2/N=C(c3ccc(C)cc3)OC2=O)cc(Cl)c1OC(C)=O. The molecular formula is C20H16ClNO5. The summed E-state index contributed by atoms with van der Waals surface area (Å²) in [7, 11) is 1.42. The molecule has 0 atom stereocenters. The molecule has 6 nitrogen and oxygen atoms in total. The quantitative estimate of drug-likeness (QED) is 0.453. The maximum Gasteiger partial charge on any atom is 0.363 e. The van der Waals surface area contributed by atoms with Crippen LogP contribution in [-0.2, 0) is 14.3 Å². The van der Waals surface area contributed by atoms with Gasteiger partial charge in [0.2, 0.25) is 5.90 Å². The number of aliphatic imine (C=N–C) groups is 1. The molecule has 1 aliphatic rings. The largest absolute Gasteiger partial charge is 0.493 e. The maximum absolute atomic E-state index is 12.1. The van der Waals surface area contributed by atoms with Crippen LogP contribution in [0.2, 0.25) is 5.02 Å². The first-order valence-corrected chi connectivity index (χ1v) is 8.40. The van der Waals surface area contributed by atoms with Crippen LogP contribution in [0.15, 0.2) is 47.1 Å². The minimum absolute atomic E-state index is 0.117. The van der Waals surface area contributed by atoms with Gasteiger partial charge in [-0.2, -0.15) is 0 Å². The van der Waals surface area contributed by atoms with Crippen LogP contribution in [0.1, 0.15) is 23.6 Å². The van der Waals surface area contributed by atoms with Crippen molar-refractivity contribution in [1.82, 2.24) is 0 Å². The van der Waals surface area contributed by atoms with E-state index < -0.39 is 11.9 Å². The molecule has 1 aliphatic heterocycles. The lowest BCUT2D eigenvalue weighted by Crippen LogP contribution is -2.05. The maximum atomic E-state index is 12.1. The fraction of sp³-hybridized carbons (Fsp3) is 0.150. The van der Waals surface area contributed by atoms with E-state index in [0.29, 0.717) is 11.1 Å². The molecule has 0 bridgehead atoms. The van der Waals surface area contributed by atoms with Gasteiger partial charge in [-0.15, -0.1) is 0 Å². The highest BCUT2D eigenvalue weighted by atomic mass is 35.5. The van der Waals surface area contributed by atoms with Crippen molar-refractivity contribution in [2.75, 3.05) is 7.11 Å². The fourth-order valence-electron chi connectivity index (χ4n) is 2.45. The summed E-state index contributed by atoms with van der Waals surface area (Å²) < 4.78 is 15.5. The number of nitrogens with zero attached hydrogens (tertiary/aromatic N) is 1. The summed E-state index contributed by atoms with van der Waals surface area (Å²) in [5.74, 6) is -0.469. The summed E-state index contributed by atoms with van der Waals surface area (Å²) in [6.45, 7) is 3.23. The average molecular weight is 386 g/mol. The summed E-state index contributed by atoms with van der Waals surface area (Å²) in [6.07, 6.45) is 1.52.